The molecule has 1 aromatic carbocycles. The average Bonchev–Trinajstić information content (AvgIpc) is 2.44. The van der Waals surface area contributed by atoms with Crippen LogP contribution in [0.5, 0.6) is 11.5 Å². The van der Waals surface area contributed by atoms with Crippen molar-refractivity contribution in [2.24, 2.45) is 0 Å². The Balaban J connectivity index is 2.43. The van der Waals surface area contributed by atoms with E-state index in [1.165, 1.54) is 31.2 Å². The fourth-order valence-corrected chi connectivity index (χ4v) is 1.96. The van der Waals surface area contributed by atoms with Crippen LogP contribution in [0.25, 0.3) is 0 Å². The predicted octanol–water partition coefficient (Wildman–Crippen LogP) is 2.10. The fraction of sp³-hybridized carbons (Fsp3) is 0.231. The van der Waals surface area contributed by atoms with E-state index >= 15 is 0 Å². The van der Waals surface area contributed by atoms with Crippen molar-refractivity contribution in [2.75, 3.05) is 14.2 Å². The van der Waals surface area contributed by atoms with E-state index in [4.69, 9.17) is 21.1 Å². The van der Waals surface area contributed by atoms with Gasteiger partial charge in [-0.25, -0.2) is 9.37 Å². The Hall–Kier alpha value is -2.08. The average molecular weight is 299 g/mol. The van der Waals surface area contributed by atoms with Gasteiger partial charge in [-0.1, -0.05) is 23.7 Å². The molecule has 0 N–H and O–H groups in total. The molecule has 0 aliphatic rings. The quantitative estimate of drug-likeness (QED) is 0.811. The molecule has 2 rings (SSSR count). The molecule has 0 saturated carbocycles. The summed E-state index contributed by atoms with van der Waals surface area (Å²) in [5.74, 6) is -0.474. The van der Waals surface area contributed by atoms with Gasteiger partial charge >= 0.3 is 0 Å². The summed E-state index contributed by atoms with van der Waals surface area (Å²) in [6.07, 6.45) is 1.24. The number of nitrogens with zero attached hydrogens (tertiary/aromatic N) is 2. The molecule has 2 aromatic rings. The van der Waals surface area contributed by atoms with E-state index in [0.29, 0.717) is 5.56 Å². The number of methoxy groups -OCH3 is 2. The summed E-state index contributed by atoms with van der Waals surface area (Å²) in [4.78, 5) is 15.9. The molecule has 0 aliphatic carbocycles. The highest BCUT2D eigenvalue weighted by molar-refractivity contribution is 6.30. The van der Waals surface area contributed by atoms with E-state index < -0.39 is 11.4 Å². The number of rotatable bonds is 4. The van der Waals surface area contributed by atoms with Gasteiger partial charge in [0.15, 0.2) is 16.7 Å². The molecule has 0 spiro atoms. The Labute approximate surface area is 119 Å². The third-order valence-electron chi connectivity index (χ3n) is 2.76. The second kappa shape index (κ2) is 5.92. The van der Waals surface area contributed by atoms with Gasteiger partial charge < -0.3 is 9.47 Å². The van der Waals surface area contributed by atoms with Crippen molar-refractivity contribution >= 4 is 11.6 Å². The number of hydrogen-bond acceptors (Lipinski definition) is 4. The lowest BCUT2D eigenvalue weighted by Crippen LogP contribution is -2.23. The summed E-state index contributed by atoms with van der Waals surface area (Å²) >= 11 is 5.74. The van der Waals surface area contributed by atoms with Crippen LogP contribution in [0.15, 0.2) is 29.3 Å². The molecule has 0 atom stereocenters. The summed E-state index contributed by atoms with van der Waals surface area (Å²) in [5.41, 5.74) is -0.174. The van der Waals surface area contributed by atoms with Crippen LogP contribution in [-0.2, 0) is 6.54 Å². The number of aromatic nitrogens is 2. The van der Waals surface area contributed by atoms with Gasteiger partial charge in [0, 0.05) is 5.56 Å². The number of benzene rings is 1. The Morgan fingerprint density at radius 1 is 1.35 bits per heavy atom. The predicted molar refractivity (Wildman–Crippen MR) is 72.1 cm³/mol. The molecule has 0 radical (unpaired) electrons. The second-order valence-corrected chi connectivity index (χ2v) is 4.29. The third-order valence-corrected chi connectivity index (χ3v) is 3.03. The first kappa shape index (κ1) is 14.3. The molecule has 0 unspecified atom stereocenters. The van der Waals surface area contributed by atoms with E-state index in [2.05, 4.69) is 4.98 Å². The zero-order valence-corrected chi connectivity index (χ0v) is 11.6. The first-order valence-corrected chi connectivity index (χ1v) is 6.06. The summed E-state index contributed by atoms with van der Waals surface area (Å²) in [7, 11) is 2.70. The molecule has 5 nitrogen and oxygen atoms in total. The van der Waals surface area contributed by atoms with Gasteiger partial charge in [0.25, 0.3) is 5.56 Å². The lowest BCUT2D eigenvalue weighted by atomic mass is 10.2. The summed E-state index contributed by atoms with van der Waals surface area (Å²) in [6, 6.07) is 4.70. The standard InChI is InChI=1S/C13H12ClFN2O3/c1-19-9-5-3-4-8(10(9)15)6-17-7-16-12(14)11(20-2)13(17)18/h3-5,7H,6H2,1-2H3. The van der Waals surface area contributed by atoms with Crippen LogP contribution in [0.1, 0.15) is 5.56 Å². The fourth-order valence-electron chi connectivity index (χ4n) is 1.75. The van der Waals surface area contributed by atoms with Crippen LogP contribution < -0.4 is 15.0 Å². The Morgan fingerprint density at radius 2 is 2.10 bits per heavy atom. The minimum atomic E-state index is -0.518. The van der Waals surface area contributed by atoms with E-state index in [0.717, 1.165) is 0 Å². The van der Waals surface area contributed by atoms with Crippen LogP contribution in [0.3, 0.4) is 0 Å². The Bertz CT molecular complexity index is 688. The molecule has 0 amide bonds. The number of halogens is 2. The molecular weight excluding hydrogens is 287 g/mol. The van der Waals surface area contributed by atoms with E-state index in [1.807, 2.05) is 0 Å². The van der Waals surface area contributed by atoms with Crippen molar-refractivity contribution < 1.29 is 13.9 Å². The molecule has 0 fully saturated rings. The van der Waals surface area contributed by atoms with Crippen LogP contribution in [0.4, 0.5) is 4.39 Å². The first-order valence-electron chi connectivity index (χ1n) is 5.68. The van der Waals surface area contributed by atoms with Gasteiger partial charge in [-0.05, 0) is 6.07 Å². The summed E-state index contributed by atoms with van der Waals surface area (Å²) < 4.78 is 25.0. The molecule has 1 aromatic heterocycles. The monoisotopic (exact) mass is 298 g/mol. The van der Waals surface area contributed by atoms with Crippen molar-refractivity contribution in [1.29, 1.82) is 0 Å². The maximum atomic E-state index is 14.0. The molecule has 1 heterocycles. The maximum Gasteiger partial charge on any atom is 0.297 e. The minimum Gasteiger partial charge on any atom is -0.494 e. The lowest BCUT2D eigenvalue weighted by Gasteiger charge is -2.10. The molecule has 0 saturated heterocycles. The van der Waals surface area contributed by atoms with Gasteiger partial charge in [-0.3, -0.25) is 9.36 Å². The molecule has 106 valence electrons. The summed E-state index contributed by atoms with van der Waals surface area (Å²) in [6.45, 7) is 0.00238. The first-order chi connectivity index (χ1) is 9.58. The van der Waals surface area contributed by atoms with Gasteiger partial charge in [0.2, 0.25) is 5.75 Å². The van der Waals surface area contributed by atoms with Gasteiger partial charge in [-0.2, -0.15) is 0 Å². The zero-order valence-electron chi connectivity index (χ0n) is 10.9. The number of hydrogen-bond donors (Lipinski definition) is 0. The van der Waals surface area contributed by atoms with E-state index in [1.54, 1.807) is 12.1 Å². The topological polar surface area (TPSA) is 53.4 Å². The van der Waals surface area contributed by atoms with Crippen LogP contribution in [0, 0.1) is 5.82 Å². The van der Waals surface area contributed by atoms with E-state index in [-0.39, 0.29) is 23.2 Å². The molecular formula is C13H12ClFN2O3. The van der Waals surface area contributed by atoms with Gasteiger partial charge in [-0.15, -0.1) is 0 Å². The van der Waals surface area contributed by atoms with Crippen molar-refractivity contribution in [1.82, 2.24) is 9.55 Å². The van der Waals surface area contributed by atoms with Gasteiger partial charge in [0.1, 0.15) is 0 Å². The maximum absolute atomic E-state index is 14.0. The van der Waals surface area contributed by atoms with Crippen molar-refractivity contribution in [2.45, 2.75) is 6.54 Å². The normalized spacial score (nSPS) is 10.4. The highest BCUT2D eigenvalue weighted by Gasteiger charge is 2.13. The molecule has 0 bridgehead atoms. The highest BCUT2D eigenvalue weighted by atomic mass is 35.5. The molecule has 7 heteroatoms. The highest BCUT2D eigenvalue weighted by Crippen LogP contribution is 2.21. The lowest BCUT2D eigenvalue weighted by molar-refractivity contribution is 0.382. The second-order valence-electron chi connectivity index (χ2n) is 3.94. The SMILES string of the molecule is COc1cccc(Cn2cnc(Cl)c(OC)c2=O)c1F. The smallest absolute Gasteiger partial charge is 0.297 e. The Kier molecular flexibility index (Phi) is 4.24. The van der Waals surface area contributed by atoms with Crippen LogP contribution in [0.2, 0.25) is 5.15 Å². The number of ether oxygens (including phenoxy) is 2. The van der Waals surface area contributed by atoms with E-state index in [9.17, 15) is 9.18 Å². The van der Waals surface area contributed by atoms with Crippen LogP contribution >= 0.6 is 11.6 Å². The van der Waals surface area contributed by atoms with Crippen molar-refractivity contribution in [3.05, 3.63) is 51.4 Å². The van der Waals surface area contributed by atoms with Crippen LogP contribution in [-0.4, -0.2) is 23.8 Å². The molecule has 20 heavy (non-hydrogen) atoms. The van der Waals surface area contributed by atoms with Crippen molar-refractivity contribution in [3.63, 3.8) is 0 Å². The van der Waals surface area contributed by atoms with Crippen molar-refractivity contribution in [3.8, 4) is 11.5 Å². The zero-order chi connectivity index (χ0) is 14.7. The Morgan fingerprint density at radius 3 is 2.75 bits per heavy atom. The molecule has 0 aliphatic heterocycles. The summed E-state index contributed by atoms with van der Waals surface area (Å²) in [5, 5.41) is -0.0279. The largest absolute Gasteiger partial charge is 0.494 e. The minimum absolute atomic E-state index is 0.00238. The van der Waals surface area contributed by atoms with Gasteiger partial charge in [0.05, 0.1) is 27.1 Å². The third kappa shape index (κ3) is 2.60.